The fraction of sp³-hybridized carbons (Fsp3) is 0.400. The van der Waals surface area contributed by atoms with Gasteiger partial charge in [-0.3, -0.25) is 19.3 Å². The van der Waals surface area contributed by atoms with Gasteiger partial charge in [-0.25, -0.2) is 0 Å². The lowest BCUT2D eigenvalue weighted by molar-refractivity contribution is -0.138. The van der Waals surface area contributed by atoms with E-state index >= 15 is 0 Å². The Morgan fingerprint density at radius 3 is 2.35 bits per heavy atom. The number of benzene rings is 1. The minimum Gasteiger partial charge on any atom is -0.435 e. The van der Waals surface area contributed by atoms with Gasteiger partial charge in [0.2, 0.25) is 17.7 Å². The fourth-order valence-corrected chi connectivity index (χ4v) is 2.16. The van der Waals surface area contributed by atoms with Gasteiger partial charge in [-0.1, -0.05) is 12.1 Å². The van der Waals surface area contributed by atoms with Gasteiger partial charge in [0.05, 0.1) is 0 Å². The van der Waals surface area contributed by atoms with E-state index in [1.165, 1.54) is 12.1 Å². The van der Waals surface area contributed by atoms with Crippen molar-refractivity contribution in [2.24, 2.45) is 0 Å². The van der Waals surface area contributed by atoms with Crippen molar-refractivity contribution in [1.82, 2.24) is 10.2 Å². The molecule has 0 saturated carbocycles. The summed E-state index contributed by atoms with van der Waals surface area (Å²) in [6, 6.07) is 5.89. The summed E-state index contributed by atoms with van der Waals surface area (Å²) in [5.74, 6) is -0.763. The monoisotopic (exact) mass is 326 g/mol. The number of hydrogen-bond acceptors (Lipinski definition) is 4. The Morgan fingerprint density at radius 1 is 1.17 bits per heavy atom. The predicted molar refractivity (Wildman–Crippen MR) is 75.5 cm³/mol. The van der Waals surface area contributed by atoms with Crippen molar-refractivity contribution >= 4 is 17.7 Å². The van der Waals surface area contributed by atoms with Crippen LogP contribution in [0.5, 0.6) is 5.75 Å². The van der Waals surface area contributed by atoms with Crippen LogP contribution in [0.3, 0.4) is 0 Å². The van der Waals surface area contributed by atoms with Crippen LogP contribution in [-0.4, -0.2) is 35.8 Å². The predicted octanol–water partition coefficient (Wildman–Crippen LogP) is 1.44. The maximum absolute atomic E-state index is 12.0. The molecule has 1 heterocycles. The van der Waals surface area contributed by atoms with Crippen molar-refractivity contribution < 1.29 is 27.9 Å². The summed E-state index contributed by atoms with van der Waals surface area (Å²) in [6.45, 7) is -2.59. The molecule has 0 aromatic heterocycles. The van der Waals surface area contributed by atoms with Gasteiger partial charge in [-0.15, -0.1) is 0 Å². The maximum atomic E-state index is 12.0. The summed E-state index contributed by atoms with van der Waals surface area (Å²) in [4.78, 5) is 35.6. The van der Waals surface area contributed by atoms with E-state index in [-0.39, 0.29) is 55.8 Å². The number of likely N-dealkylation sites (tertiary alicyclic amines) is 1. The van der Waals surface area contributed by atoms with E-state index in [0.717, 1.165) is 4.90 Å². The first-order valence-electron chi connectivity index (χ1n) is 7.09. The lowest BCUT2D eigenvalue weighted by atomic mass is 10.2. The van der Waals surface area contributed by atoms with Gasteiger partial charge in [0.25, 0.3) is 0 Å². The third-order valence-corrected chi connectivity index (χ3v) is 3.36. The molecule has 0 bridgehead atoms. The molecule has 0 atom stereocenters. The molecule has 1 aromatic rings. The van der Waals surface area contributed by atoms with Crippen molar-refractivity contribution in [2.75, 3.05) is 6.54 Å². The highest BCUT2D eigenvalue weighted by Crippen LogP contribution is 2.15. The lowest BCUT2D eigenvalue weighted by Gasteiger charge is -2.13. The van der Waals surface area contributed by atoms with E-state index in [4.69, 9.17) is 0 Å². The number of halogens is 2. The normalized spacial score (nSPS) is 14.5. The largest absolute Gasteiger partial charge is 0.435 e. The number of carbonyl (C=O) groups is 3. The standard InChI is InChI=1S/C15H16F2N2O4/c16-15(17)23-11-3-1-10(2-4-11)9-18-12(20)7-8-19-13(21)5-6-14(19)22/h1-4,15H,5-9H2,(H,18,20). The van der Waals surface area contributed by atoms with Crippen LogP contribution in [0.1, 0.15) is 24.8 Å². The fourth-order valence-electron chi connectivity index (χ4n) is 2.16. The smallest absolute Gasteiger partial charge is 0.387 e. The number of amides is 3. The van der Waals surface area contributed by atoms with Crippen LogP contribution in [-0.2, 0) is 20.9 Å². The molecule has 8 heteroatoms. The molecule has 1 aromatic carbocycles. The molecule has 0 spiro atoms. The Hall–Kier alpha value is -2.51. The second-order valence-electron chi connectivity index (χ2n) is 4.99. The van der Waals surface area contributed by atoms with Gasteiger partial charge in [0.15, 0.2) is 0 Å². The summed E-state index contributed by atoms with van der Waals surface area (Å²) < 4.78 is 28.2. The molecule has 0 radical (unpaired) electrons. The highest BCUT2D eigenvalue weighted by atomic mass is 19.3. The van der Waals surface area contributed by atoms with Crippen LogP contribution in [0, 0.1) is 0 Å². The Kier molecular flexibility index (Phi) is 5.61. The first-order valence-corrected chi connectivity index (χ1v) is 7.09. The van der Waals surface area contributed by atoms with Crippen molar-refractivity contribution in [1.29, 1.82) is 0 Å². The number of ether oxygens (including phenoxy) is 1. The van der Waals surface area contributed by atoms with Gasteiger partial charge in [-0.2, -0.15) is 8.78 Å². The van der Waals surface area contributed by atoms with Crippen LogP contribution < -0.4 is 10.1 Å². The summed E-state index contributed by atoms with van der Waals surface area (Å²) >= 11 is 0. The van der Waals surface area contributed by atoms with E-state index in [0.29, 0.717) is 5.56 Å². The maximum Gasteiger partial charge on any atom is 0.387 e. The molecule has 1 aliphatic heterocycles. The van der Waals surface area contributed by atoms with E-state index in [1.807, 2.05) is 0 Å². The zero-order chi connectivity index (χ0) is 16.8. The average molecular weight is 326 g/mol. The van der Waals surface area contributed by atoms with Gasteiger partial charge in [0, 0.05) is 32.4 Å². The van der Waals surface area contributed by atoms with Gasteiger partial charge >= 0.3 is 6.61 Å². The zero-order valence-electron chi connectivity index (χ0n) is 12.3. The molecule has 124 valence electrons. The highest BCUT2D eigenvalue weighted by molar-refractivity contribution is 6.02. The zero-order valence-corrected chi connectivity index (χ0v) is 12.3. The topological polar surface area (TPSA) is 75.7 Å². The number of nitrogens with one attached hydrogen (secondary N) is 1. The molecule has 6 nitrogen and oxygen atoms in total. The van der Waals surface area contributed by atoms with Crippen LogP contribution in [0.4, 0.5) is 8.78 Å². The number of rotatable bonds is 7. The molecule has 3 amide bonds. The molecule has 1 aliphatic rings. The Balaban J connectivity index is 1.73. The molecule has 1 N–H and O–H groups in total. The molecule has 1 saturated heterocycles. The number of carbonyl (C=O) groups excluding carboxylic acids is 3. The van der Waals surface area contributed by atoms with Crippen LogP contribution in [0.15, 0.2) is 24.3 Å². The van der Waals surface area contributed by atoms with Crippen molar-refractivity contribution in [3.63, 3.8) is 0 Å². The summed E-state index contributed by atoms with van der Waals surface area (Å²) in [7, 11) is 0. The van der Waals surface area contributed by atoms with Crippen molar-refractivity contribution in [3.05, 3.63) is 29.8 Å². The minimum absolute atomic E-state index is 0.0318. The quantitative estimate of drug-likeness (QED) is 0.770. The van der Waals surface area contributed by atoms with Crippen molar-refractivity contribution in [3.8, 4) is 5.75 Å². The molecule has 0 aliphatic carbocycles. The highest BCUT2D eigenvalue weighted by Gasteiger charge is 2.28. The van der Waals surface area contributed by atoms with Gasteiger partial charge < -0.3 is 10.1 Å². The third kappa shape index (κ3) is 5.01. The van der Waals surface area contributed by atoms with Gasteiger partial charge in [0.1, 0.15) is 5.75 Å². The Labute approximate surface area is 131 Å². The Bertz CT molecular complexity index is 574. The van der Waals surface area contributed by atoms with Crippen LogP contribution in [0.2, 0.25) is 0 Å². The second kappa shape index (κ2) is 7.66. The summed E-state index contributed by atoms with van der Waals surface area (Å²) in [5.41, 5.74) is 0.716. The number of nitrogens with zero attached hydrogens (tertiary/aromatic N) is 1. The van der Waals surface area contributed by atoms with E-state index in [1.54, 1.807) is 12.1 Å². The third-order valence-electron chi connectivity index (χ3n) is 3.36. The number of alkyl halides is 2. The second-order valence-corrected chi connectivity index (χ2v) is 4.99. The number of imide groups is 1. The van der Waals surface area contributed by atoms with Crippen LogP contribution >= 0.6 is 0 Å². The number of hydrogen-bond donors (Lipinski definition) is 1. The molecule has 2 rings (SSSR count). The molecule has 0 unspecified atom stereocenters. The Morgan fingerprint density at radius 2 is 1.78 bits per heavy atom. The van der Waals surface area contributed by atoms with Crippen LogP contribution in [0.25, 0.3) is 0 Å². The average Bonchev–Trinajstić information content (AvgIpc) is 2.83. The van der Waals surface area contributed by atoms with E-state index in [9.17, 15) is 23.2 Å². The lowest BCUT2D eigenvalue weighted by Crippen LogP contribution is -2.34. The molecule has 23 heavy (non-hydrogen) atoms. The molecular weight excluding hydrogens is 310 g/mol. The summed E-state index contributed by atoms with van der Waals surface area (Å²) in [5, 5.41) is 2.64. The van der Waals surface area contributed by atoms with E-state index in [2.05, 4.69) is 10.1 Å². The first kappa shape index (κ1) is 16.9. The summed E-state index contributed by atoms with van der Waals surface area (Å²) in [6.07, 6.45) is 0.436. The van der Waals surface area contributed by atoms with Gasteiger partial charge in [-0.05, 0) is 17.7 Å². The SMILES string of the molecule is O=C(CCN1C(=O)CCC1=O)NCc1ccc(OC(F)F)cc1. The van der Waals surface area contributed by atoms with E-state index < -0.39 is 6.61 Å². The first-order chi connectivity index (χ1) is 11.0. The minimum atomic E-state index is -2.88. The van der Waals surface area contributed by atoms with Crippen molar-refractivity contribution in [2.45, 2.75) is 32.4 Å². The molecular formula is C15H16F2N2O4. The molecule has 1 fully saturated rings.